The first-order valence-electron chi connectivity index (χ1n) is 5.01. The fraction of sp³-hybridized carbons (Fsp3) is 0.417. The van der Waals surface area contributed by atoms with Gasteiger partial charge in [-0.1, -0.05) is 19.9 Å². The molecule has 0 heterocycles. The van der Waals surface area contributed by atoms with Crippen LogP contribution in [0.3, 0.4) is 0 Å². The molecule has 1 aromatic carbocycles. The quantitative estimate of drug-likeness (QED) is 0.762. The molecule has 1 unspecified atom stereocenters. The van der Waals surface area contributed by atoms with E-state index in [0.29, 0.717) is 16.5 Å². The molecule has 3 heteroatoms. The van der Waals surface area contributed by atoms with Gasteiger partial charge in [-0.2, -0.15) is 0 Å². The molecular formula is C12H14BrFO. The number of hydrogen-bond acceptors (Lipinski definition) is 1. The number of aryl methyl sites for hydroxylation is 1. The molecule has 0 aliphatic heterocycles. The molecule has 0 fully saturated rings. The first-order valence-corrected chi connectivity index (χ1v) is 5.80. The highest BCUT2D eigenvalue weighted by Gasteiger charge is 2.14. The smallest absolute Gasteiger partial charge is 0.140 e. The van der Waals surface area contributed by atoms with E-state index >= 15 is 0 Å². The van der Waals surface area contributed by atoms with Gasteiger partial charge in [-0.25, -0.2) is 4.39 Å². The molecule has 0 spiro atoms. The van der Waals surface area contributed by atoms with E-state index < -0.39 is 0 Å². The second-order valence-electron chi connectivity index (χ2n) is 3.64. The monoisotopic (exact) mass is 272 g/mol. The lowest BCUT2D eigenvalue weighted by atomic mass is 9.95. The molecule has 0 saturated carbocycles. The van der Waals surface area contributed by atoms with Gasteiger partial charge in [0.1, 0.15) is 12.1 Å². The number of benzene rings is 1. The van der Waals surface area contributed by atoms with Crippen LogP contribution in [0.5, 0.6) is 0 Å². The second kappa shape index (κ2) is 5.40. The zero-order valence-electron chi connectivity index (χ0n) is 8.89. The highest BCUT2D eigenvalue weighted by atomic mass is 79.9. The van der Waals surface area contributed by atoms with Crippen molar-refractivity contribution in [2.75, 3.05) is 0 Å². The van der Waals surface area contributed by atoms with Gasteiger partial charge < -0.3 is 4.79 Å². The van der Waals surface area contributed by atoms with Crippen molar-refractivity contribution in [3.05, 3.63) is 33.5 Å². The van der Waals surface area contributed by atoms with Gasteiger partial charge in [-0.05, 0) is 45.5 Å². The average molecular weight is 273 g/mol. The summed E-state index contributed by atoms with van der Waals surface area (Å²) < 4.78 is 14.2. The van der Waals surface area contributed by atoms with Crippen LogP contribution in [0.15, 0.2) is 16.6 Å². The Morgan fingerprint density at radius 1 is 1.53 bits per heavy atom. The van der Waals surface area contributed by atoms with Gasteiger partial charge in [0.15, 0.2) is 0 Å². The predicted octanol–water partition coefficient (Wildman–Crippen LogP) is 3.84. The Kier molecular flexibility index (Phi) is 4.45. The summed E-state index contributed by atoms with van der Waals surface area (Å²) in [7, 11) is 0. The third-order valence-corrected chi connectivity index (χ3v) is 3.08. The lowest BCUT2D eigenvalue weighted by Crippen LogP contribution is -2.00. The van der Waals surface area contributed by atoms with E-state index in [1.165, 1.54) is 0 Å². The Bertz CT molecular complexity index is 363. The van der Waals surface area contributed by atoms with Crippen LogP contribution in [-0.4, -0.2) is 6.29 Å². The number of aldehydes is 1. The summed E-state index contributed by atoms with van der Waals surface area (Å²) in [5.41, 5.74) is 1.70. The van der Waals surface area contributed by atoms with E-state index in [-0.39, 0.29) is 11.7 Å². The van der Waals surface area contributed by atoms with Crippen LogP contribution < -0.4 is 0 Å². The molecule has 1 rings (SSSR count). The SMILES string of the molecule is CCc1cc(Br)c(F)c(C(C)CC=O)c1. The van der Waals surface area contributed by atoms with Gasteiger partial charge in [0.05, 0.1) is 4.47 Å². The molecule has 0 N–H and O–H groups in total. The van der Waals surface area contributed by atoms with Crippen molar-refractivity contribution < 1.29 is 9.18 Å². The molecule has 82 valence electrons. The molecule has 0 aliphatic rings. The highest BCUT2D eigenvalue weighted by molar-refractivity contribution is 9.10. The van der Waals surface area contributed by atoms with E-state index in [0.717, 1.165) is 18.3 Å². The molecule has 0 saturated heterocycles. The summed E-state index contributed by atoms with van der Waals surface area (Å²) in [6.07, 6.45) is 2.05. The fourth-order valence-electron chi connectivity index (χ4n) is 1.50. The summed E-state index contributed by atoms with van der Waals surface area (Å²) in [6.45, 7) is 3.88. The van der Waals surface area contributed by atoms with Crippen molar-refractivity contribution in [2.24, 2.45) is 0 Å². The van der Waals surface area contributed by atoms with Crippen molar-refractivity contribution in [3.63, 3.8) is 0 Å². The highest BCUT2D eigenvalue weighted by Crippen LogP contribution is 2.28. The van der Waals surface area contributed by atoms with Crippen molar-refractivity contribution in [1.82, 2.24) is 0 Å². The van der Waals surface area contributed by atoms with Crippen molar-refractivity contribution in [3.8, 4) is 0 Å². The zero-order valence-corrected chi connectivity index (χ0v) is 10.5. The largest absolute Gasteiger partial charge is 0.303 e. The first kappa shape index (κ1) is 12.4. The normalized spacial score (nSPS) is 12.5. The van der Waals surface area contributed by atoms with E-state index in [1.807, 2.05) is 19.9 Å². The first-order chi connectivity index (χ1) is 7.10. The molecule has 0 radical (unpaired) electrons. The van der Waals surface area contributed by atoms with Crippen LogP contribution in [-0.2, 0) is 11.2 Å². The molecule has 0 bridgehead atoms. The fourth-order valence-corrected chi connectivity index (χ4v) is 2.03. The topological polar surface area (TPSA) is 17.1 Å². The van der Waals surface area contributed by atoms with E-state index in [1.54, 1.807) is 6.07 Å². The van der Waals surface area contributed by atoms with Crippen LogP contribution in [0, 0.1) is 5.82 Å². The minimum Gasteiger partial charge on any atom is -0.303 e. The van der Waals surface area contributed by atoms with Crippen LogP contribution in [0.25, 0.3) is 0 Å². The third-order valence-electron chi connectivity index (χ3n) is 2.51. The van der Waals surface area contributed by atoms with Gasteiger partial charge in [0.25, 0.3) is 0 Å². The van der Waals surface area contributed by atoms with E-state index in [9.17, 15) is 9.18 Å². The van der Waals surface area contributed by atoms with Crippen LogP contribution >= 0.6 is 15.9 Å². The summed E-state index contributed by atoms with van der Waals surface area (Å²) in [4.78, 5) is 10.4. The molecule has 0 aliphatic carbocycles. The van der Waals surface area contributed by atoms with Gasteiger partial charge >= 0.3 is 0 Å². The summed E-state index contributed by atoms with van der Waals surface area (Å²) >= 11 is 3.19. The van der Waals surface area contributed by atoms with Crippen molar-refractivity contribution >= 4 is 22.2 Å². The molecule has 1 aromatic rings. The Hall–Kier alpha value is -0.700. The van der Waals surface area contributed by atoms with Gasteiger partial charge in [-0.15, -0.1) is 0 Å². The van der Waals surface area contributed by atoms with Crippen molar-refractivity contribution in [2.45, 2.75) is 32.6 Å². The minimum atomic E-state index is -0.249. The number of carbonyl (C=O) groups is 1. The molecule has 1 atom stereocenters. The lowest BCUT2D eigenvalue weighted by molar-refractivity contribution is -0.108. The standard InChI is InChI=1S/C12H14BrFO/c1-3-9-6-10(8(2)4-5-15)12(14)11(13)7-9/h5-8H,3-4H2,1-2H3. The molecule has 15 heavy (non-hydrogen) atoms. The van der Waals surface area contributed by atoms with Gasteiger partial charge in [0.2, 0.25) is 0 Å². The van der Waals surface area contributed by atoms with E-state index in [4.69, 9.17) is 0 Å². The Morgan fingerprint density at radius 3 is 2.73 bits per heavy atom. The maximum atomic E-state index is 13.7. The zero-order chi connectivity index (χ0) is 11.4. The van der Waals surface area contributed by atoms with Crippen LogP contribution in [0.2, 0.25) is 0 Å². The van der Waals surface area contributed by atoms with Gasteiger partial charge in [-0.3, -0.25) is 0 Å². The van der Waals surface area contributed by atoms with Crippen LogP contribution in [0.1, 0.15) is 37.3 Å². The summed E-state index contributed by atoms with van der Waals surface area (Å²) in [5.74, 6) is -0.313. The Labute approximate surface area is 97.8 Å². The van der Waals surface area contributed by atoms with E-state index in [2.05, 4.69) is 15.9 Å². The molecule has 0 aromatic heterocycles. The molecular weight excluding hydrogens is 259 g/mol. The lowest BCUT2D eigenvalue weighted by Gasteiger charge is -2.12. The third kappa shape index (κ3) is 2.88. The minimum absolute atomic E-state index is 0.0645. The maximum Gasteiger partial charge on any atom is 0.140 e. The average Bonchev–Trinajstić information content (AvgIpc) is 2.22. The molecule has 0 amide bonds. The number of carbonyl (C=O) groups excluding carboxylic acids is 1. The maximum absolute atomic E-state index is 13.7. The number of rotatable bonds is 4. The number of halogens is 2. The molecule has 1 nitrogen and oxygen atoms in total. The Morgan fingerprint density at radius 2 is 2.20 bits per heavy atom. The Balaban J connectivity index is 3.14. The van der Waals surface area contributed by atoms with Gasteiger partial charge in [0, 0.05) is 6.42 Å². The second-order valence-corrected chi connectivity index (χ2v) is 4.49. The van der Waals surface area contributed by atoms with Crippen molar-refractivity contribution in [1.29, 1.82) is 0 Å². The van der Waals surface area contributed by atoms with Crippen LogP contribution in [0.4, 0.5) is 4.39 Å². The summed E-state index contributed by atoms with van der Waals surface area (Å²) in [6, 6.07) is 3.63. The summed E-state index contributed by atoms with van der Waals surface area (Å²) in [5, 5.41) is 0. The predicted molar refractivity (Wildman–Crippen MR) is 62.6 cm³/mol. The number of hydrogen-bond donors (Lipinski definition) is 0.